The molecule has 0 saturated carbocycles. The van der Waals surface area contributed by atoms with E-state index in [1.54, 1.807) is 18.2 Å². The number of carbonyl (C=O) groups excluding carboxylic acids is 2. The van der Waals surface area contributed by atoms with Crippen LogP contribution in [-0.4, -0.2) is 36.3 Å². The van der Waals surface area contributed by atoms with Crippen LogP contribution in [0.25, 0.3) is 6.08 Å². The molecule has 0 atom stereocenters. The van der Waals surface area contributed by atoms with Crippen LogP contribution < -0.4 is 9.47 Å². The van der Waals surface area contributed by atoms with Gasteiger partial charge in [0.15, 0.2) is 11.5 Å². The van der Waals surface area contributed by atoms with E-state index >= 15 is 0 Å². The predicted octanol–water partition coefficient (Wildman–Crippen LogP) is 3.14. The molecule has 1 aromatic carbocycles. The molecule has 2 rings (SSSR count). The van der Waals surface area contributed by atoms with Gasteiger partial charge in [0.2, 0.25) is 0 Å². The summed E-state index contributed by atoms with van der Waals surface area (Å²) in [6.07, 6.45) is 12.0. The fourth-order valence-electron chi connectivity index (χ4n) is 1.96. The minimum atomic E-state index is -0.411. The van der Waals surface area contributed by atoms with Gasteiger partial charge in [-0.1, -0.05) is 11.8 Å². The average Bonchev–Trinajstić information content (AvgIpc) is 2.81. The number of terminal acetylenes is 2. The lowest BCUT2D eigenvalue weighted by molar-refractivity contribution is -0.122. The van der Waals surface area contributed by atoms with E-state index in [9.17, 15) is 9.59 Å². The maximum Gasteiger partial charge on any atom is 0.294 e. The summed E-state index contributed by atoms with van der Waals surface area (Å²) in [5, 5.41) is -0.385. The number of nitrogens with zero attached hydrogens (tertiary/aromatic N) is 1. The normalized spacial score (nSPS) is 15.3. The molecule has 0 N–H and O–H groups in total. The second kappa shape index (κ2) is 7.96. The highest BCUT2D eigenvalue weighted by Crippen LogP contribution is 2.39. The van der Waals surface area contributed by atoms with E-state index in [0.29, 0.717) is 26.4 Å². The molecular weight excluding hydrogens is 394 g/mol. The summed E-state index contributed by atoms with van der Waals surface area (Å²) in [6, 6.07) is 3.43. The smallest absolute Gasteiger partial charge is 0.294 e. The zero-order valence-electron chi connectivity index (χ0n) is 12.7. The molecule has 0 aliphatic carbocycles. The second-order valence-corrected chi connectivity index (χ2v) is 6.35. The van der Waals surface area contributed by atoms with Crippen LogP contribution in [-0.2, 0) is 4.79 Å². The van der Waals surface area contributed by atoms with E-state index in [-0.39, 0.29) is 18.4 Å². The van der Waals surface area contributed by atoms with Crippen molar-refractivity contribution in [2.45, 2.75) is 0 Å². The quantitative estimate of drug-likeness (QED) is 0.556. The number of halogens is 1. The number of amides is 2. The monoisotopic (exact) mass is 405 g/mol. The van der Waals surface area contributed by atoms with E-state index in [1.165, 1.54) is 7.11 Å². The Morgan fingerprint density at radius 1 is 1.33 bits per heavy atom. The number of hydrogen-bond acceptors (Lipinski definition) is 5. The van der Waals surface area contributed by atoms with Crippen LogP contribution in [0.2, 0.25) is 0 Å². The molecule has 0 aromatic heterocycles. The Bertz CT molecular complexity index is 804. The third-order valence-corrected chi connectivity index (χ3v) is 4.47. The first-order valence-electron chi connectivity index (χ1n) is 6.64. The first kappa shape index (κ1) is 18.0. The molecule has 122 valence electrons. The molecule has 7 heteroatoms. The number of thioether (sulfide) groups is 1. The topological polar surface area (TPSA) is 55.8 Å². The van der Waals surface area contributed by atoms with Crippen molar-refractivity contribution >= 4 is 44.9 Å². The number of hydrogen-bond donors (Lipinski definition) is 0. The van der Waals surface area contributed by atoms with E-state index in [1.807, 2.05) is 0 Å². The third-order valence-electron chi connectivity index (χ3n) is 2.97. The summed E-state index contributed by atoms with van der Waals surface area (Å²) in [4.78, 5) is 25.3. The molecule has 1 aromatic rings. The van der Waals surface area contributed by atoms with Gasteiger partial charge in [-0.05, 0) is 51.5 Å². The molecule has 1 fully saturated rings. The van der Waals surface area contributed by atoms with E-state index in [2.05, 4.69) is 27.8 Å². The zero-order valence-corrected chi connectivity index (χ0v) is 15.1. The van der Waals surface area contributed by atoms with Gasteiger partial charge >= 0.3 is 0 Å². The highest BCUT2D eigenvalue weighted by atomic mass is 79.9. The lowest BCUT2D eigenvalue weighted by Crippen LogP contribution is -2.28. The van der Waals surface area contributed by atoms with Crippen LogP contribution in [0.15, 0.2) is 21.5 Å². The number of carbonyl (C=O) groups is 2. The summed E-state index contributed by atoms with van der Waals surface area (Å²) in [5.41, 5.74) is 0.665. The molecule has 1 heterocycles. The number of imide groups is 1. The Kier molecular flexibility index (Phi) is 5.97. The van der Waals surface area contributed by atoms with Crippen LogP contribution in [0.4, 0.5) is 4.79 Å². The molecule has 0 radical (unpaired) electrons. The van der Waals surface area contributed by atoms with Gasteiger partial charge in [-0.2, -0.15) is 0 Å². The zero-order chi connectivity index (χ0) is 17.7. The van der Waals surface area contributed by atoms with Crippen molar-refractivity contribution < 1.29 is 19.1 Å². The van der Waals surface area contributed by atoms with Crippen molar-refractivity contribution in [3.8, 4) is 36.2 Å². The van der Waals surface area contributed by atoms with Crippen LogP contribution >= 0.6 is 27.7 Å². The molecule has 0 unspecified atom stereocenters. The van der Waals surface area contributed by atoms with Gasteiger partial charge in [0, 0.05) is 0 Å². The standard InChI is InChI=1S/C17H12BrNO4S/c1-4-6-19-16(20)14(24-17(19)21)10-11-8-12(18)15(23-7-5-2)13(9-11)22-3/h1-2,8-10H,6-7H2,3H3/b14-10+. The highest BCUT2D eigenvalue weighted by Gasteiger charge is 2.34. The van der Waals surface area contributed by atoms with E-state index < -0.39 is 5.91 Å². The highest BCUT2D eigenvalue weighted by molar-refractivity contribution is 9.10. The Labute approximate surface area is 152 Å². The molecule has 1 aliphatic rings. The molecule has 24 heavy (non-hydrogen) atoms. The number of rotatable bonds is 5. The van der Waals surface area contributed by atoms with Crippen LogP contribution in [0, 0.1) is 24.7 Å². The predicted molar refractivity (Wildman–Crippen MR) is 96.5 cm³/mol. The molecule has 1 saturated heterocycles. The Morgan fingerprint density at radius 2 is 2.08 bits per heavy atom. The van der Waals surface area contributed by atoms with Gasteiger partial charge in [0.1, 0.15) is 6.61 Å². The van der Waals surface area contributed by atoms with Crippen LogP contribution in [0.5, 0.6) is 11.5 Å². The Morgan fingerprint density at radius 3 is 2.71 bits per heavy atom. The van der Waals surface area contributed by atoms with Gasteiger partial charge in [-0.15, -0.1) is 12.8 Å². The van der Waals surface area contributed by atoms with Gasteiger partial charge in [0.05, 0.1) is 23.0 Å². The van der Waals surface area contributed by atoms with Crippen molar-refractivity contribution in [3.05, 3.63) is 27.1 Å². The minimum absolute atomic E-state index is 0.0477. The molecule has 1 aliphatic heterocycles. The van der Waals surface area contributed by atoms with Crippen molar-refractivity contribution in [2.24, 2.45) is 0 Å². The largest absolute Gasteiger partial charge is 0.493 e. The van der Waals surface area contributed by atoms with Crippen molar-refractivity contribution in [1.82, 2.24) is 4.90 Å². The first-order chi connectivity index (χ1) is 11.5. The third kappa shape index (κ3) is 3.76. The van der Waals surface area contributed by atoms with Crippen molar-refractivity contribution in [2.75, 3.05) is 20.3 Å². The Hall–Kier alpha value is -2.35. The summed E-state index contributed by atoms with van der Waals surface area (Å²) in [5.74, 6) is 5.18. The number of methoxy groups -OCH3 is 1. The first-order valence-corrected chi connectivity index (χ1v) is 8.25. The summed E-state index contributed by atoms with van der Waals surface area (Å²) in [7, 11) is 1.50. The Balaban J connectivity index is 2.35. The lowest BCUT2D eigenvalue weighted by Gasteiger charge is -2.12. The maximum atomic E-state index is 12.2. The second-order valence-electron chi connectivity index (χ2n) is 4.50. The van der Waals surface area contributed by atoms with Crippen molar-refractivity contribution in [3.63, 3.8) is 0 Å². The summed E-state index contributed by atoms with van der Waals surface area (Å²) < 4.78 is 11.3. The van der Waals surface area contributed by atoms with Crippen LogP contribution in [0.3, 0.4) is 0 Å². The van der Waals surface area contributed by atoms with E-state index in [4.69, 9.17) is 22.3 Å². The summed E-state index contributed by atoms with van der Waals surface area (Å²) >= 11 is 4.23. The van der Waals surface area contributed by atoms with Crippen molar-refractivity contribution in [1.29, 1.82) is 0 Å². The molecule has 0 spiro atoms. The fourth-order valence-corrected chi connectivity index (χ4v) is 3.37. The SMILES string of the molecule is C#CCOc1c(Br)cc(/C=C2/SC(=O)N(CC#C)C2=O)cc1OC. The van der Waals surface area contributed by atoms with Gasteiger partial charge in [-0.3, -0.25) is 14.5 Å². The fraction of sp³-hybridized carbons (Fsp3) is 0.176. The minimum Gasteiger partial charge on any atom is -0.493 e. The lowest BCUT2D eigenvalue weighted by atomic mass is 10.2. The van der Waals surface area contributed by atoms with Crippen LogP contribution in [0.1, 0.15) is 5.56 Å². The van der Waals surface area contributed by atoms with Gasteiger partial charge < -0.3 is 9.47 Å². The maximum absolute atomic E-state index is 12.2. The molecular formula is C17H12BrNO4S. The van der Waals surface area contributed by atoms with Gasteiger partial charge in [0.25, 0.3) is 11.1 Å². The average molecular weight is 406 g/mol. The number of ether oxygens (including phenoxy) is 2. The molecule has 0 bridgehead atoms. The van der Waals surface area contributed by atoms with Gasteiger partial charge in [-0.25, -0.2) is 0 Å². The number of benzene rings is 1. The van der Waals surface area contributed by atoms with E-state index in [0.717, 1.165) is 16.7 Å². The molecule has 2 amide bonds. The summed E-state index contributed by atoms with van der Waals surface area (Å²) in [6.45, 7) is 0.0488. The molecule has 5 nitrogen and oxygen atoms in total.